The lowest BCUT2D eigenvalue weighted by Crippen LogP contribution is -2.20. The minimum Gasteiger partial charge on any atom is -0.612 e. The van der Waals surface area contributed by atoms with Gasteiger partial charge in [-0.2, -0.15) is 10.4 Å². The zero-order valence-corrected chi connectivity index (χ0v) is 17.1. The summed E-state index contributed by atoms with van der Waals surface area (Å²) in [7, 11) is 0. The Morgan fingerprint density at radius 2 is 2.11 bits per heavy atom. The number of anilines is 1. The number of benzene rings is 1. The van der Waals surface area contributed by atoms with E-state index < -0.39 is 17.1 Å². The molecule has 1 N–H and O–H groups in total. The second-order valence-electron chi connectivity index (χ2n) is 5.76. The first-order chi connectivity index (χ1) is 13.3. The highest BCUT2D eigenvalue weighted by atomic mass is 35.5. The van der Waals surface area contributed by atoms with Gasteiger partial charge in [-0.05, 0) is 41.9 Å². The molecule has 28 heavy (non-hydrogen) atoms. The van der Waals surface area contributed by atoms with Crippen molar-refractivity contribution in [2.75, 3.05) is 11.6 Å². The first kappa shape index (κ1) is 20.2. The first-order valence-corrected chi connectivity index (χ1v) is 10.2. The third-order valence-corrected chi connectivity index (χ3v) is 5.25. The number of nitrogens with zero attached hydrogens (tertiary/aromatic N) is 4. The van der Waals surface area contributed by atoms with Crippen LogP contribution in [0.5, 0.6) is 0 Å². The van der Waals surface area contributed by atoms with Crippen molar-refractivity contribution < 1.29 is 9.35 Å². The van der Waals surface area contributed by atoms with Crippen molar-refractivity contribution in [3.8, 4) is 11.9 Å². The van der Waals surface area contributed by atoms with Crippen LogP contribution < -0.4 is 5.32 Å². The van der Waals surface area contributed by atoms with E-state index in [1.807, 2.05) is 6.07 Å². The van der Waals surface area contributed by atoms with E-state index in [2.05, 4.69) is 15.4 Å². The Balaban J connectivity index is 2.05. The standard InChI is InChI=1S/C18H13Cl2N5O2S/c1-10-6-11(9-21)7-14(28(2)27)16(10)23-18(26)13-8-15(20)24-25(13)17-12(19)4-3-5-22-17/h3-8H,1-2H3,(H,23,26). The molecule has 1 atom stereocenters. The molecule has 0 spiro atoms. The number of amides is 1. The van der Waals surface area contributed by atoms with E-state index in [9.17, 15) is 9.35 Å². The molecule has 0 aliphatic rings. The van der Waals surface area contributed by atoms with Gasteiger partial charge in [-0.1, -0.05) is 23.2 Å². The molecule has 0 aliphatic heterocycles. The summed E-state index contributed by atoms with van der Waals surface area (Å²) in [6.45, 7) is 1.71. The van der Waals surface area contributed by atoms with Gasteiger partial charge in [0.2, 0.25) is 0 Å². The Hall–Kier alpha value is -2.57. The second kappa shape index (κ2) is 8.20. The largest absolute Gasteiger partial charge is 0.612 e. The van der Waals surface area contributed by atoms with Crippen LogP contribution in [-0.4, -0.2) is 31.5 Å². The maximum absolute atomic E-state index is 12.9. The molecule has 0 bridgehead atoms. The SMILES string of the molecule is Cc1cc(C#N)cc([S+](C)[O-])c1NC(=O)c1cc(Cl)nn1-c1ncccc1Cl. The maximum atomic E-state index is 12.9. The molecular weight excluding hydrogens is 421 g/mol. The summed E-state index contributed by atoms with van der Waals surface area (Å²) in [6.07, 6.45) is 2.99. The molecular formula is C18H13Cl2N5O2S. The molecule has 0 saturated carbocycles. The van der Waals surface area contributed by atoms with Gasteiger partial charge in [0, 0.05) is 18.3 Å². The molecule has 0 aliphatic carbocycles. The van der Waals surface area contributed by atoms with Gasteiger partial charge in [-0.15, -0.1) is 0 Å². The first-order valence-electron chi connectivity index (χ1n) is 7.87. The molecule has 142 valence electrons. The Morgan fingerprint density at radius 3 is 2.75 bits per heavy atom. The fourth-order valence-electron chi connectivity index (χ4n) is 2.59. The lowest BCUT2D eigenvalue weighted by molar-refractivity contribution is 0.101. The normalized spacial score (nSPS) is 11.7. The maximum Gasteiger partial charge on any atom is 0.274 e. The van der Waals surface area contributed by atoms with Crippen LogP contribution in [0.4, 0.5) is 5.69 Å². The number of pyridine rings is 1. The van der Waals surface area contributed by atoms with Crippen LogP contribution in [0.15, 0.2) is 41.4 Å². The summed E-state index contributed by atoms with van der Waals surface area (Å²) in [5.74, 6) is -0.294. The molecule has 2 heterocycles. The summed E-state index contributed by atoms with van der Waals surface area (Å²) in [6, 6.07) is 9.75. The minimum absolute atomic E-state index is 0.0858. The van der Waals surface area contributed by atoms with E-state index >= 15 is 0 Å². The number of halogens is 2. The predicted octanol–water partition coefficient (Wildman–Crippen LogP) is 3.74. The van der Waals surface area contributed by atoms with E-state index in [0.717, 1.165) is 0 Å². The number of carbonyl (C=O) groups excluding carboxylic acids is 1. The van der Waals surface area contributed by atoms with Crippen molar-refractivity contribution in [1.82, 2.24) is 14.8 Å². The molecule has 1 unspecified atom stereocenters. The Labute approximate surface area is 174 Å². The number of aromatic nitrogens is 3. The predicted molar refractivity (Wildman–Crippen MR) is 108 cm³/mol. The van der Waals surface area contributed by atoms with Gasteiger partial charge in [-0.25, -0.2) is 9.67 Å². The fraction of sp³-hybridized carbons (Fsp3) is 0.111. The van der Waals surface area contributed by atoms with E-state index in [1.54, 1.807) is 25.1 Å². The van der Waals surface area contributed by atoms with Crippen LogP contribution in [0, 0.1) is 18.3 Å². The number of aryl methyl sites for hydroxylation is 1. The summed E-state index contributed by atoms with van der Waals surface area (Å²) in [5, 5.41) is 16.3. The molecule has 3 aromatic rings. The molecule has 0 saturated heterocycles. The molecule has 0 fully saturated rings. The average Bonchev–Trinajstić information content (AvgIpc) is 3.04. The molecule has 1 aromatic carbocycles. The molecule has 2 aromatic heterocycles. The van der Waals surface area contributed by atoms with Crippen LogP contribution in [0.2, 0.25) is 10.2 Å². The van der Waals surface area contributed by atoms with Gasteiger partial charge in [0.25, 0.3) is 5.91 Å². The lowest BCUT2D eigenvalue weighted by Gasteiger charge is -2.15. The molecule has 7 nitrogen and oxygen atoms in total. The molecule has 0 radical (unpaired) electrons. The van der Waals surface area contributed by atoms with Crippen molar-refractivity contribution in [2.24, 2.45) is 0 Å². The summed E-state index contributed by atoms with van der Waals surface area (Å²) < 4.78 is 13.4. The van der Waals surface area contributed by atoms with Crippen molar-refractivity contribution in [3.05, 3.63) is 63.5 Å². The monoisotopic (exact) mass is 433 g/mol. The second-order valence-corrected chi connectivity index (χ2v) is 7.90. The highest BCUT2D eigenvalue weighted by Crippen LogP contribution is 2.28. The van der Waals surface area contributed by atoms with Crippen LogP contribution in [-0.2, 0) is 11.2 Å². The van der Waals surface area contributed by atoms with Crippen LogP contribution >= 0.6 is 23.2 Å². The summed E-state index contributed by atoms with van der Waals surface area (Å²) >= 11 is 10.7. The smallest absolute Gasteiger partial charge is 0.274 e. The van der Waals surface area contributed by atoms with Crippen LogP contribution in [0.25, 0.3) is 5.82 Å². The van der Waals surface area contributed by atoms with Crippen molar-refractivity contribution >= 4 is 46.0 Å². The Morgan fingerprint density at radius 1 is 1.36 bits per heavy atom. The van der Waals surface area contributed by atoms with Gasteiger partial charge >= 0.3 is 0 Å². The highest BCUT2D eigenvalue weighted by molar-refractivity contribution is 7.90. The highest BCUT2D eigenvalue weighted by Gasteiger charge is 2.23. The summed E-state index contributed by atoms with van der Waals surface area (Å²) in [5.41, 5.74) is 1.42. The molecule has 1 amide bonds. The number of nitrogens with one attached hydrogen (secondary N) is 1. The van der Waals surface area contributed by atoms with Crippen molar-refractivity contribution in [2.45, 2.75) is 11.8 Å². The van der Waals surface area contributed by atoms with Gasteiger partial charge in [-0.3, -0.25) is 4.79 Å². The minimum atomic E-state index is -1.42. The van der Waals surface area contributed by atoms with E-state index in [0.29, 0.717) is 26.7 Å². The van der Waals surface area contributed by atoms with Gasteiger partial charge in [0.1, 0.15) is 11.9 Å². The number of hydrogen-bond donors (Lipinski definition) is 1. The third kappa shape index (κ3) is 3.98. The fourth-order valence-corrected chi connectivity index (χ4v) is 3.77. The van der Waals surface area contributed by atoms with Crippen molar-refractivity contribution in [1.29, 1.82) is 5.26 Å². The zero-order valence-electron chi connectivity index (χ0n) is 14.7. The van der Waals surface area contributed by atoms with Gasteiger partial charge < -0.3 is 9.87 Å². The van der Waals surface area contributed by atoms with E-state index in [-0.39, 0.29) is 16.7 Å². The number of nitriles is 1. The van der Waals surface area contributed by atoms with Gasteiger partial charge in [0.15, 0.2) is 15.9 Å². The average molecular weight is 434 g/mol. The number of hydrogen-bond acceptors (Lipinski definition) is 5. The molecule has 10 heteroatoms. The third-order valence-electron chi connectivity index (χ3n) is 3.83. The molecule has 3 rings (SSSR count). The van der Waals surface area contributed by atoms with Crippen LogP contribution in [0.1, 0.15) is 21.6 Å². The quantitative estimate of drug-likeness (QED) is 0.630. The van der Waals surface area contributed by atoms with E-state index in [1.165, 1.54) is 29.3 Å². The van der Waals surface area contributed by atoms with Gasteiger partial charge in [0.05, 0.1) is 22.3 Å². The zero-order chi connectivity index (χ0) is 20.4. The number of rotatable bonds is 4. The van der Waals surface area contributed by atoms with Crippen LogP contribution in [0.3, 0.4) is 0 Å². The Kier molecular flexibility index (Phi) is 5.91. The Bertz CT molecular complexity index is 1110. The lowest BCUT2D eigenvalue weighted by atomic mass is 10.1. The van der Waals surface area contributed by atoms with Crippen molar-refractivity contribution in [3.63, 3.8) is 0 Å². The van der Waals surface area contributed by atoms with E-state index in [4.69, 9.17) is 28.5 Å². The summed E-state index contributed by atoms with van der Waals surface area (Å²) in [4.78, 5) is 17.4. The number of carbonyl (C=O) groups is 1. The topological polar surface area (TPSA) is 107 Å².